The smallest absolute Gasteiger partial charge is 0.411 e. The molecule has 0 unspecified atom stereocenters. The molecule has 41 heavy (non-hydrogen) atoms. The van der Waals surface area contributed by atoms with E-state index in [-0.39, 0.29) is 5.56 Å². The second kappa shape index (κ2) is 12.7. The van der Waals surface area contributed by atoms with Gasteiger partial charge in [-0.05, 0) is 49.2 Å². The van der Waals surface area contributed by atoms with Gasteiger partial charge in [-0.3, -0.25) is 14.5 Å². The number of carboxylic acid groups (broad SMARTS) is 1. The number of aromatic nitrogens is 1. The number of anilines is 2. The van der Waals surface area contributed by atoms with E-state index in [1.165, 1.54) is 21.3 Å². The number of aromatic hydroxyl groups is 1. The number of aryl methyl sites for hydroxylation is 1. The first-order valence-electron chi connectivity index (χ1n) is 13.5. The molecule has 2 heterocycles. The lowest BCUT2D eigenvalue weighted by Crippen LogP contribution is -2.49. The van der Waals surface area contributed by atoms with Crippen LogP contribution in [0.2, 0.25) is 0 Å². The summed E-state index contributed by atoms with van der Waals surface area (Å²) in [7, 11) is 4.50. The largest absolute Gasteiger partial charge is 0.506 e. The Labute approximate surface area is 238 Å². The number of pyridine rings is 1. The second-order valence-electron chi connectivity index (χ2n) is 9.81. The number of H-pyrrole nitrogens is 1. The number of piperazine rings is 1. The molecule has 2 aromatic carbocycles. The number of benzene rings is 2. The third kappa shape index (κ3) is 5.93. The zero-order chi connectivity index (χ0) is 29.7. The number of rotatable bonds is 9. The van der Waals surface area contributed by atoms with Gasteiger partial charge in [0.1, 0.15) is 22.8 Å². The average Bonchev–Trinajstić information content (AvgIpc) is 2.99. The number of aromatic amines is 1. The number of amides is 2. The number of hydrogen-bond donors (Lipinski definition) is 3. The standard InChI is InChI=1S/C30H36N4O7/c1-5-6-8-21-24(25-22(40-3)9-7-10-23(25)41-4)27(35)26(28(36)31-21)29(37)34-17-15-33(16-18-34)20-13-11-19(12-14-20)32(2)30(38)39/h7,9-14H,5-6,8,15-18H2,1-4H3,(H,38,39)(H2,31,35,36). The number of ether oxygens (including phenoxy) is 2. The zero-order valence-corrected chi connectivity index (χ0v) is 23.8. The summed E-state index contributed by atoms with van der Waals surface area (Å²) in [6, 6.07) is 12.4. The summed E-state index contributed by atoms with van der Waals surface area (Å²) in [5.41, 5.74) is 1.78. The summed E-state index contributed by atoms with van der Waals surface area (Å²) in [5, 5.41) is 20.7. The van der Waals surface area contributed by atoms with Crippen LogP contribution in [-0.4, -0.2) is 79.5 Å². The summed E-state index contributed by atoms with van der Waals surface area (Å²) in [6.07, 6.45) is 1.08. The summed E-state index contributed by atoms with van der Waals surface area (Å²) < 4.78 is 11.1. The predicted octanol–water partition coefficient (Wildman–Crippen LogP) is 4.18. The molecule has 1 aliphatic rings. The number of hydrogen-bond acceptors (Lipinski definition) is 7. The Balaban J connectivity index is 1.63. The molecule has 0 saturated carbocycles. The first kappa shape index (κ1) is 29.3. The van der Waals surface area contributed by atoms with Crippen molar-refractivity contribution in [1.29, 1.82) is 0 Å². The lowest BCUT2D eigenvalue weighted by Gasteiger charge is -2.36. The number of carbonyl (C=O) groups excluding carboxylic acids is 1. The third-order valence-corrected chi connectivity index (χ3v) is 7.39. The van der Waals surface area contributed by atoms with Gasteiger partial charge in [0.05, 0.1) is 25.3 Å². The van der Waals surface area contributed by atoms with Gasteiger partial charge in [-0.15, -0.1) is 0 Å². The molecule has 0 atom stereocenters. The molecule has 3 N–H and O–H groups in total. The fourth-order valence-corrected chi connectivity index (χ4v) is 5.07. The number of carbonyl (C=O) groups is 2. The van der Waals surface area contributed by atoms with Crippen LogP contribution in [0.25, 0.3) is 11.1 Å². The molecule has 1 aromatic heterocycles. The van der Waals surface area contributed by atoms with Gasteiger partial charge in [-0.2, -0.15) is 0 Å². The maximum Gasteiger partial charge on any atom is 0.411 e. The monoisotopic (exact) mass is 564 g/mol. The van der Waals surface area contributed by atoms with Crippen molar-refractivity contribution in [3.8, 4) is 28.4 Å². The lowest BCUT2D eigenvalue weighted by molar-refractivity contribution is 0.0741. The normalized spacial score (nSPS) is 13.2. The Hall–Kier alpha value is -4.67. The van der Waals surface area contributed by atoms with E-state index in [1.54, 1.807) is 35.2 Å². The van der Waals surface area contributed by atoms with Crippen LogP contribution >= 0.6 is 0 Å². The van der Waals surface area contributed by atoms with Crippen LogP contribution in [0, 0.1) is 0 Å². The molecule has 1 aliphatic heterocycles. The second-order valence-corrected chi connectivity index (χ2v) is 9.81. The van der Waals surface area contributed by atoms with E-state index in [0.717, 1.165) is 23.4 Å². The van der Waals surface area contributed by atoms with Crippen LogP contribution in [0.5, 0.6) is 17.2 Å². The number of nitrogens with one attached hydrogen (secondary N) is 1. The highest BCUT2D eigenvalue weighted by molar-refractivity contribution is 6.00. The molecule has 11 heteroatoms. The van der Waals surface area contributed by atoms with Crippen molar-refractivity contribution in [1.82, 2.24) is 9.88 Å². The highest BCUT2D eigenvalue weighted by Gasteiger charge is 2.31. The molecular weight excluding hydrogens is 528 g/mol. The minimum absolute atomic E-state index is 0.317. The van der Waals surface area contributed by atoms with Gasteiger partial charge in [0.2, 0.25) is 0 Å². The number of nitrogens with zero attached hydrogens (tertiary/aromatic N) is 3. The molecule has 218 valence electrons. The molecule has 0 radical (unpaired) electrons. The van der Waals surface area contributed by atoms with Crippen molar-refractivity contribution in [2.24, 2.45) is 0 Å². The van der Waals surface area contributed by atoms with Gasteiger partial charge in [-0.25, -0.2) is 4.79 Å². The number of unbranched alkanes of at least 4 members (excludes halogenated alkanes) is 1. The molecule has 2 amide bonds. The first-order chi connectivity index (χ1) is 19.7. The van der Waals surface area contributed by atoms with E-state index in [9.17, 15) is 24.6 Å². The molecular formula is C30H36N4O7. The van der Waals surface area contributed by atoms with E-state index in [0.29, 0.717) is 66.6 Å². The van der Waals surface area contributed by atoms with Crippen molar-refractivity contribution in [2.45, 2.75) is 26.2 Å². The van der Waals surface area contributed by atoms with Gasteiger partial charge in [-0.1, -0.05) is 19.4 Å². The van der Waals surface area contributed by atoms with E-state index in [1.807, 2.05) is 19.1 Å². The van der Waals surface area contributed by atoms with Crippen molar-refractivity contribution in [2.75, 3.05) is 57.2 Å². The minimum Gasteiger partial charge on any atom is -0.506 e. The van der Waals surface area contributed by atoms with Crippen LogP contribution in [0.1, 0.15) is 35.8 Å². The molecule has 11 nitrogen and oxygen atoms in total. The highest BCUT2D eigenvalue weighted by atomic mass is 16.5. The predicted molar refractivity (Wildman–Crippen MR) is 157 cm³/mol. The molecule has 3 aromatic rings. The average molecular weight is 565 g/mol. The summed E-state index contributed by atoms with van der Waals surface area (Å²) in [6.45, 7) is 3.70. The van der Waals surface area contributed by atoms with Gasteiger partial charge in [0.15, 0.2) is 0 Å². The summed E-state index contributed by atoms with van der Waals surface area (Å²) >= 11 is 0. The van der Waals surface area contributed by atoms with Crippen molar-refractivity contribution >= 4 is 23.4 Å². The fraction of sp³-hybridized carbons (Fsp3) is 0.367. The van der Waals surface area contributed by atoms with Gasteiger partial charge >= 0.3 is 6.09 Å². The third-order valence-electron chi connectivity index (χ3n) is 7.39. The van der Waals surface area contributed by atoms with Crippen LogP contribution in [0.3, 0.4) is 0 Å². The van der Waals surface area contributed by atoms with E-state index in [4.69, 9.17) is 9.47 Å². The zero-order valence-electron chi connectivity index (χ0n) is 23.8. The van der Waals surface area contributed by atoms with Crippen molar-refractivity contribution in [3.63, 3.8) is 0 Å². The Morgan fingerprint density at radius 2 is 1.59 bits per heavy atom. The molecule has 1 saturated heterocycles. The van der Waals surface area contributed by atoms with Crippen LogP contribution < -0.4 is 24.8 Å². The Morgan fingerprint density at radius 3 is 2.12 bits per heavy atom. The maximum absolute atomic E-state index is 13.7. The molecule has 0 spiro atoms. The molecule has 0 bridgehead atoms. The highest BCUT2D eigenvalue weighted by Crippen LogP contribution is 2.44. The SMILES string of the molecule is CCCCc1[nH]c(=O)c(C(=O)N2CCN(c3ccc(N(C)C(=O)O)cc3)CC2)c(O)c1-c1c(OC)cccc1OC. The summed E-state index contributed by atoms with van der Waals surface area (Å²) in [5.74, 6) is -0.0683. The molecule has 4 rings (SSSR count). The van der Waals surface area contributed by atoms with Crippen LogP contribution in [0.15, 0.2) is 47.3 Å². The fourth-order valence-electron chi connectivity index (χ4n) is 5.07. The van der Waals surface area contributed by atoms with Gasteiger partial charge in [0.25, 0.3) is 11.5 Å². The lowest BCUT2D eigenvalue weighted by atomic mass is 9.95. The van der Waals surface area contributed by atoms with E-state index < -0.39 is 23.3 Å². The van der Waals surface area contributed by atoms with Crippen molar-refractivity contribution in [3.05, 3.63) is 64.1 Å². The first-order valence-corrected chi connectivity index (χ1v) is 13.5. The van der Waals surface area contributed by atoms with Gasteiger partial charge in [0, 0.05) is 50.3 Å². The van der Waals surface area contributed by atoms with E-state index in [2.05, 4.69) is 9.88 Å². The Morgan fingerprint density at radius 1 is 0.976 bits per heavy atom. The molecule has 0 aliphatic carbocycles. The quantitative estimate of drug-likeness (QED) is 0.352. The summed E-state index contributed by atoms with van der Waals surface area (Å²) in [4.78, 5) is 45.8. The van der Waals surface area contributed by atoms with E-state index >= 15 is 0 Å². The van der Waals surface area contributed by atoms with Crippen LogP contribution in [0.4, 0.5) is 16.2 Å². The Kier molecular flexibility index (Phi) is 9.06. The van der Waals surface area contributed by atoms with Crippen LogP contribution in [-0.2, 0) is 6.42 Å². The molecule has 1 fully saturated rings. The van der Waals surface area contributed by atoms with Crippen molar-refractivity contribution < 1.29 is 29.3 Å². The topological polar surface area (TPSA) is 136 Å². The maximum atomic E-state index is 13.7. The number of methoxy groups -OCH3 is 2. The Bertz CT molecular complexity index is 1440. The van der Waals surface area contributed by atoms with Gasteiger partial charge < -0.3 is 34.5 Å². The minimum atomic E-state index is -1.05.